The molecule has 2 fully saturated rings. The number of amides is 2. The maximum Gasteiger partial charge on any atom is 0.310 e. The van der Waals surface area contributed by atoms with Gasteiger partial charge in [-0.05, 0) is 50.1 Å². The topological polar surface area (TPSA) is 110 Å². The fourth-order valence-electron chi connectivity index (χ4n) is 5.29. The first-order chi connectivity index (χ1) is 19.6. The van der Waals surface area contributed by atoms with Crippen LogP contribution in [0.2, 0.25) is 0 Å². The number of likely N-dealkylation sites (tertiary alicyclic amines) is 1. The number of hydrogen-bond donors (Lipinski definition) is 2. The summed E-state index contributed by atoms with van der Waals surface area (Å²) in [6, 6.07) is -1.15. The zero-order valence-electron chi connectivity index (χ0n) is 22.5. The van der Waals surface area contributed by atoms with E-state index < -0.39 is 86.6 Å². The van der Waals surface area contributed by atoms with Gasteiger partial charge in [0.1, 0.15) is 17.0 Å². The molecule has 1 saturated heterocycles. The van der Waals surface area contributed by atoms with Gasteiger partial charge in [0.2, 0.25) is 17.8 Å². The molecule has 0 spiro atoms. The Morgan fingerprint density at radius 1 is 1.14 bits per heavy atom. The van der Waals surface area contributed by atoms with Crippen LogP contribution in [0.15, 0.2) is 47.5 Å². The van der Waals surface area contributed by atoms with E-state index in [1.54, 1.807) is 6.19 Å². The lowest BCUT2D eigenvalue weighted by atomic mass is 9.91. The second-order valence-electron chi connectivity index (χ2n) is 11.0. The Balaban J connectivity index is 1.84. The van der Waals surface area contributed by atoms with E-state index in [0.717, 1.165) is 17.2 Å². The third-order valence-corrected chi connectivity index (χ3v) is 8.55. The highest BCUT2D eigenvalue weighted by atomic mass is 32.5. The van der Waals surface area contributed by atoms with Crippen molar-refractivity contribution in [3.05, 3.63) is 54.1 Å². The molecule has 2 aromatic rings. The number of nitrogens with zero attached hydrogens (tertiary/aromatic N) is 4. The van der Waals surface area contributed by atoms with E-state index in [-0.39, 0.29) is 37.9 Å². The molecule has 1 aliphatic carbocycles. The highest BCUT2D eigenvalue weighted by Gasteiger charge is 2.65. The third kappa shape index (κ3) is 7.29. The number of benzene rings is 1. The Kier molecular flexibility index (Phi) is 7.67. The maximum atomic E-state index is 15.1. The van der Waals surface area contributed by atoms with Crippen molar-refractivity contribution >= 4 is 27.7 Å². The van der Waals surface area contributed by atoms with Gasteiger partial charge in [-0.25, -0.2) is 13.8 Å². The zero-order valence-corrected chi connectivity index (χ0v) is 23.3. The zero-order chi connectivity index (χ0) is 32.1. The van der Waals surface area contributed by atoms with Crippen LogP contribution in [0.5, 0.6) is 0 Å². The molecule has 17 heteroatoms. The highest BCUT2D eigenvalue weighted by Crippen LogP contribution is 3.02. The molecule has 2 aliphatic rings. The van der Waals surface area contributed by atoms with Crippen LogP contribution in [0.3, 0.4) is 0 Å². The Bertz CT molecular complexity index is 1440. The minimum absolute atomic E-state index is 0.00181. The van der Waals surface area contributed by atoms with E-state index in [0.29, 0.717) is 17.0 Å². The Morgan fingerprint density at radius 3 is 2.28 bits per heavy atom. The minimum atomic E-state index is -10.2. The SMILES string of the molecule is CC1(O)CC(C(=O)N(c2ccc(S(F)(F)(F)(F)F)cc2)C(C(=O)NC2CCC(F)(F)CC2)c2cccnc2F)N(C#N)C1. The lowest BCUT2D eigenvalue weighted by Crippen LogP contribution is -2.52. The quantitative estimate of drug-likeness (QED) is 0.220. The number of pyridine rings is 1. The molecule has 3 atom stereocenters. The Hall–Kier alpha value is -3.65. The monoisotopic (exact) mass is 641 g/mol. The number of alkyl halides is 2. The van der Waals surface area contributed by atoms with Crippen molar-refractivity contribution < 1.29 is 47.3 Å². The number of nitriles is 1. The molecule has 8 nitrogen and oxygen atoms in total. The van der Waals surface area contributed by atoms with Gasteiger partial charge in [0.25, 0.3) is 5.91 Å². The summed E-state index contributed by atoms with van der Waals surface area (Å²) in [5.74, 6) is -6.52. The second-order valence-corrected chi connectivity index (χ2v) is 13.5. The molecule has 1 aliphatic heterocycles. The molecule has 0 radical (unpaired) electrons. The van der Waals surface area contributed by atoms with Gasteiger partial charge in [-0.15, -0.1) is 0 Å². The first kappa shape index (κ1) is 32.3. The average Bonchev–Trinajstić information content (AvgIpc) is 3.22. The van der Waals surface area contributed by atoms with Crippen LogP contribution in [-0.2, 0) is 9.59 Å². The first-order valence-electron chi connectivity index (χ1n) is 13.0. The number of carbonyl (C=O) groups is 2. The summed E-state index contributed by atoms with van der Waals surface area (Å²) in [5, 5.41) is 22.6. The van der Waals surface area contributed by atoms with Crippen molar-refractivity contribution in [1.82, 2.24) is 15.2 Å². The second kappa shape index (κ2) is 10.2. The molecular formula is C26H27F8N5O3S. The summed E-state index contributed by atoms with van der Waals surface area (Å²) in [6.07, 6.45) is 0.833. The molecule has 236 valence electrons. The maximum absolute atomic E-state index is 15.1. The van der Waals surface area contributed by atoms with Gasteiger partial charge < -0.3 is 10.4 Å². The van der Waals surface area contributed by atoms with Crippen molar-refractivity contribution in [2.75, 3.05) is 11.4 Å². The van der Waals surface area contributed by atoms with Crippen LogP contribution in [0.4, 0.5) is 38.3 Å². The molecule has 43 heavy (non-hydrogen) atoms. The van der Waals surface area contributed by atoms with Gasteiger partial charge in [-0.1, -0.05) is 25.5 Å². The summed E-state index contributed by atoms with van der Waals surface area (Å²) < 4.78 is 110. The summed E-state index contributed by atoms with van der Waals surface area (Å²) in [4.78, 5) is 30.4. The van der Waals surface area contributed by atoms with E-state index in [9.17, 15) is 48.2 Å². The summed E-state index contributed by atoms with van der Waals surface area (Å²) >= 11 is 0. The van der Waals surface area contributed by atoms with Crippen LogP contribution in [0, 0.1) is 17.4 Å². The van der Waals surface area contributed by atoms with Crippen LogP contribution >= 0.6 is 10.2 Å². The Labute approximate surface area is 241 Å². The van der Waals surface area contributed by atoms with E-state index in [1.165, 1.54) is 13.0 Å². The number of carbonyl (C=O) groups excluding carboxylic acids is 2. The summed E-state index contributed by atoms with van der Waals surface area (Å²) in [5.41, 5.74) is -2.71. The molecule has 1 aromatic heterocycles. The van der Waals surface area contributed by atoms with Gasteiger partial charge in [-0.3, -0.25) is 19.4 Å². The van der Waals surface area contributed by atoms with Crippen molar-refractivity contribution in [3.8, 4) is 6.19 Å². The number of rotatable bonds is 7. The summed E-state index contributed by atoms with van der Waals surface area (Å²) in [6.45, 7) is 0.966. The number of hydrogen-bond acceptors (Lipinski definition) is 6. The third-order valence-electron chi connectivity index (χ3n) is 7.38. The van der Waals surface area contributed by atoms with Gasteiger partial charge in [0.05, 0.1) is 12.1 Å². The van der Waals surface area contributed by atoms with Gasteiger partial charge in [-0.2, -0.15) is 9.65 Å². The van der Waals surface area contributed by atoms with Crippen LogP contribution in [0.25, 0.3) is 0 Å². The van der Waals surface area contributed by atoms with E-state index in [1.807, 2.05) is 0 Å². The molecular weight excluding hydrogens is 614 g/mol. The number of aromatic nitrogens is 1. The normalized spacial score (nSPS) is 24.8. The lowest BCUT2D eigenvalue weighted by Gasteiger charge is -2.41. The fraction of sp³-hybridized carbons (Fsp3) is 0.462. The number of anilines is 1. The van der Waals surface area contributed by atoms with Crippen molar-refractivity contribution in [2.24, 2.45) is 0 Å². The van der Waals surface area contributed by atoms with E-state index >= 15 is 4.39 Å². The molecule has 3 unspecified atom stereocenters. The van der Waals surface area contributed by atoms with Crippen LogP contribution in [0.1, 0.15) is 50.6 Å². The van der Waals surface area contributed by atoms with Gasteiger partial charge in [0.15, 0.2) is 6.19 Å². The van der Waals surface area contributed by atoms with Crippen LogP contribution in [-0.4, -0.2) is 57.0 Å². The first-order valence-corrected chi connectivity index (χ1v) is 14.9. The molecule has 1 aromatic carbocycles. The minimum Gasteiger partial charge on any atom is -0.388 e. The largest absolute Gasteiger partial charge is 0.388 e. The molecule has 4 rings (SSSR count). The fourth-order valence-corrected chi connectivity index (χ4v) is 5.94. The highest BCUT2D eigenvalue weighted by molar-refractivity contribution is 8.45. The van der Waals surface area contributed by atoms with Crippen LogP contribution < -0.4 is 10.2 Å². The van der Waals surface area contributed by atoms with Crippen molar-refractivity contribution in [1.29, 1.82) is 5.26 Å². The average molecular weight is 642 g/mol. The van der Waals surface area contributed by atoms with Crippen molar-refractivity contribution in [3.63, 3.8) is 0 Å². The Morgan fingerprint density at radius 2 is 1.74 bits per heavy atom. The predicted octanol–water partition coefficient (Wildman–Crippen LogP) is 5.95. The van der Waals surface area contributed by atoms with Gasteiger partial charge in [0, 0.05) is 42.8 Å². The van der Waals surface area contributed by atoms with Crippen molar-refractivity contribution in [2.45, 2.75) is 73.6 Å². The smallest absolute Gasteiger partial charge is 0.310 e. The van der Waals surface area contributed by atoms with Gasteiger partial charge >= 0.3 is 10.2 Å². The number of nitrogens with one attached hydrogen (secondary N) is 1. The number of halogens is 8. The number of β-amino-alcohol motifs (C(OH)–C–C–N with tert-alkyl or cyclic N) is 1. The number of aliphatic hydroxyl groups is 1. The lowest BCUT2D eigenvalue weighted by molar-refractivity contribution is -0.129. The molecule has 0 bridgehead atoms. The molecule has 2 heterocycles. The standard InChI is InChI=1S/C26H27F8N5O3S/c1-25(42)13-20(38(14-25)15-35)24(41)39(17-4-6-18(7-5-17)43(30,31,32,33)34)21(19-3-2-12-36-22(19)27)23(40)37-16-8-10-26(28,29)11-9-16/h2-7,12,16,20-21,42H,8-11,13-14H2,1H3,(H,37,40). The predicted molar refractivity (Wildman–Crippen MR) is 139 cm³/mol. The molecule has 2 amide bonds. The van der Waals surface area contributed by atoms with E-state index in [4.69, 9.17) is 0 Å². The van der Waals surface area contributed by atoms with E-state index in [2.05, 4.69) is 10.3 Å². The summed E-state index contributed by atoms with van der Waals surface area (Å²) in [7, 11) is -10.2. The molecule has 2 N–H and O–H groups in total. The molecule has 1 saturated carbocycles.